The van der Waals surface area contributed by atoms with Crippen LogP contribution in [-0.2, 0) is 14.3 Å². The number of ether oxygens (including phenoxy) is 2. The molecule has 2 saturated heterocycles. The number of hydrogen-bond donors (Lipinski definition) is 1. The second-order valence-corrected chi connectivity index (χ2v) is 9.45. The van der Waals surface area contributed by atoms with E-state index in [9.17, 15) is 14.7 Å². The molecular formula is C26H29BrN2O5. The molecule has 0 bridgehead atoms. The molecule has 0 spiro atoms. The van der Waals surface area contributed by atoms with Gasteiger partial charge in [0.05, 0.1) is 31.9 Å². The number of amides is 1. The van der Waals surface area contributed by atoms with Crippen LogP contribution in [0.3, 0.4) is 0 Å². The fraction of sp³-hybridized carbons (Fsp3) is 0.385. The van der Waals surface area contributed by atoms with Crippen molar-refractivity contribution in [2.24, 2.45) is 0 Å². The van der Waals surface area contributed by atoms with Gasteiger partial charge in [-0.1, -0.05) is 28.1 Å². The monoisotopic (exact) mass is 528 g/mol. The van der Waals surface area contributed by atoms with Crippen molar-refractivity contribution in [1.82, 2.24) is 9.80 Å². The zero-order valence-electron chi connectivity index (χ0n) is 19.4. The number of rotatable bonds is 7. The number of halogens is 1. The Balaban J connectivity index is 1.68. The molecule has 1 amide bonds. The molecule has 2 aromatic carbocycles. The van der Waals surface area contributed by atoms with E-state index >= 15 is 0 Å². The number of morpholine rings is 1. The molecule has 8 heteroatoms. The topological polar surface area (TPSA) is 79.3 Å². The molecule has 0 saturated carbocycles. The Kier molecular flexibility index (Phi) is 7.70. The summed E-state index contributed by atoms with van der Waals surface area (Å²) in [4.78, 5) is 30.2. The van der Waals surface area contributed by atoms with Gasteiger partial charge in [0.15, 0.2) is 0 Å². The number of carbonyl (C=O) groups excluding carboxylic acids is 2. The molecule has 2 aliphatic heterocycles. The minimum Gasteiger partial charge on any atom is -0.507 e. The van der Waals surface area contributed by atoms with Crippen molar-refractivity contribution in [2.45, 2.75) is 19.4 Å². The number of hydrogen-bond acceptors (Lipinski definition) is 6. The fourth-order valence-electron chi connectivity index (χ4n) is 4.57. The molecule has 0 radical (unpaired) electrons. The van der Waals surface area contributed by atoms with Crippen LogP contribution in [0.15, 0.2) is 52.5 Å². The minimum atomic E-state index is -0.662. The summed E-state index contributed by atoms with van der Waals surface area (Å²) in [6.45, 7) is 6.26. The number of likely N-dealkylation sites (tertiary alicyclic amines) is 1. The standard InChI is InChI=1S/C26H29BrN2O5/c1-17-16-19(6-9-21(17)33-2)24(30)22-23(18-4-7-20(27)8-5-18)29(26(32)25(22)31)11-3-10-28-12-14-34-15-13-28/h4-9,16,23,30H,3,10-15H2,1-2H3/t23-/m0/s1. The van der Waals surface area contributed by atoms with E-state index in [1.165, 1.54) is 0 Å². The van der Waals surface area contributed by atoms with E-state index in [1.807, 2.05) is 31.2 Å². The maximum absolute atomic E-state index is 13.2. The van der Waals surface area contributed by atoms with Crippen LogP contribution >= 0.6 is 15.9 Å². The van der Waals surface area contributed by atoms with Gasteiger partial charge in [0, 0.05) is 36.2 Å². The summed E-state index contributed by atoms with van der Waals surface area (Å²) in [6.07, 6.45) is 0.724. The van der Waals surface area contributed by atoms with E-state index in [1.54, 1.807) is 30.2 Å². The maximum atomic E-state index is 13.2. The van der Waals surface area contributed by atoms with Gasteiger partial charge in [-0.05, 0) is 54.8 Å². The van der Waals surface area contributed by atoms with Crippen LogP contribution in [0.2, 0.25) is 0 Å². The summed E-state index contributed by atoms with van der Waals surface area (Å²) in [5, 5.41) is 11.2. The number of aliphatic hydroxyl groups excluding tert-OH is 1. The lowest BCUT2D eigenvalue weighted by molar-refractivity contribution is -0.140. The molecule has 1 N–H and O–H groups in total. The minimum absolute atomic E-state index is 0.114. The number of Topliss-reactive ketones (excluding diaryl/α,β-unsaturated/α-hetero) is 1. The normalized spacial score (nSPS) is 20.7. The summed E-state index contributed by atoms with van der Waals surface area (Å²) >= 11 is 3.44. The second-order valence-electron chi connectivity index (χ2n) is 8.54. The number of nitrogens with zero attached hydrogens (tertiary/aromatic N) is 2. The van der Waals surface area contributed by atoms with E-state index in [2.05, 4.69) is 20.8 Å². The van der Waals surface area contributed by atoms with E-state index in [0.717, 1.165) is 41.7 Å². The smallest absolute Gasteiger partial charge is 0.295 e. The quantitative estimate of drug-likeness (QED) is 0.333. The van der Waals surface area contributed by atoms with Crippen LogP contribution in [0.25, 0.3) is 5.76 Å². The van der Waals surface area contributed by atoms with E-state index in [-0.39, 0.29) is 11.3 Å². The number of aliphatic hydroxyl groups is 1. The first kappa shape index (κ1) is 24.4. The molecular weight excluding hydrogens is 500 g/mol. The van der Waals surface area contributed by atoms with Crippen molar-refractivity contribution in [3.8, 4) is 5.75 Å². The van der Waals surface area contributed by atoms with Gasteiger partial charge < -0.3 is 19.5 Å². The third-order valence-corrected chi connectivity index (χ3v) is 6.90. The van der Waals surface area contributed by atoms with Crippen LogP contribution < -0.4 is 4.74 Å². The lowest BCUT2D eigenvalue weighted by Gasteiger charge is -2.29. The second kappa shape index (κ2) is 10.7. The molecule has 180 valence electrons. The Labute approximate surface area is 208 Å². The SMILES string of the molecule is COc1ccc(C(O)=C2C(=O)C(=O)N(CCCN3CCOCC3)[C@H]2c2ccc(Br)cc2)cc1C. The molecule has 0 aliphatic carbocycles. The third-order valence-electron chi connectivity index (χ3n) is 6.37. The first-order chi connectivity index (χ1) is 16.4. The van der Waals surface area contributed by atoms with Gasteiger partial charge in [-0.3, -0.25) is 14.5 Å². The zero-order chi connectivity index (χ0) is 24.2. The van der Waals surface area contributed by atoms with Gasteiger partial charge in [0.25, 0.3) is 11.7 Å². The largest absolute Gasteiger partial charge is 0.507 e. The number of benzene rings is 2. The van der Waals surface area contributed by atoms with E-state index in [0.29, 0.717) is 31.1 Å². The van der Waals surface area contributed by atoms with Crippen LogP contribution in [0, 0.1) is 6.92 Å². The average Bonchev–Trinajstić information content (AvgIpc) is 3.09. The first-order valence-corrected chi connectivity index (χ1v) is 12.2. The summed E-state index contributed by atoms with van der Waals surface area (Å²) in [7, 11) is 1.58. The first-order valence-electron chi connectivity index (χ1n) is 11.4. The molecule has 2 aliphatic rings. The van der Waals surface area contributed by atoms with Crippen molar-refractivity contribution >= 4 is 33.4 Å². The fourth-order valence-corrected chi connectivity index (χ4v) is 4.84. The lowest BCUT2D eigenvalue weighted by atomic mass is 9.95. The highest BCUT2D eigenvalue weighted by atomic mass is 79.9. The predicted octanol–water partition coefficient (Wildman–Crippen LogP) is 3.91. The van der Waals surface area contributed by atoms with Crippen molar-refractivity contribution in [3.05, 3.63) is 69.2 Å². The molecule has 4 rings (SSSR count). The molecule has 0 aromatic heterocycles. The third kappa shape index (κ3) is 5.04. The number of carbonyl (C=O) groups is 2. The number of aryl methyl sites for hydroxylation is 1. The van der Waals surface area contributed by atoms with Crippen molar-refractivity contribution in [2.75, 3.05) is 46.5 Å². The number of methoxy groups -OCH3 is 1. The summed E-state index contributed by atoms with van der Waals surface area (Å²) in [5.74, 6) is -0.732. The van der Waals surface area contributed by atoms with Gasteiger partial charge in [0.1, 0.15) is 11.5 Å². The van der Waals surface area contributed by atoms with Gasteiger partial charge in [0.2, 0.25) is 0 Å². The van der Waals surface area contributed by atoms with Crippen LogP contribution in [0.4, 0.5) is 0 Å². The Morgan fingerprint density at radius 3 is 2.47 bits per heavy atom. The average molecular weight is 529 g/mol. The number of ketones is 1. The summed E-state index contributed by atoms with van der Waals surface area (Å²) < 4.78 is 11.6. The van der Waals surface area contributed by atoms with Gasteiger partial charge in [-0.2, -0.15) is 0 Å². The summed E-state index contributed by atoms with van der Waals surface area (Å²) in [6, 6.07) is 12.1. The van der Waals surface area contributed by atoms with Crippen molar-refractivity contribution in [3.63, 3.8) is 0 Å². The maximum Gasteiger partial charge on any atom is 0.295 e. The molecule has 0 unspecified atom stereocenters. The van der Waals surface area contributed by atoms with Gasteiger partial charge in [-0.25, -0.2) is 0 Å². The Morgan fingerprint density at radius 2 is 1.82 bits per heavy atom. The molecule has 2 aromatic rings. The molecule has 1 atom stereocenters. The highest BCUT2D eigenvalue weighted by Gasteiger charge is 2.45. The van der Waals surface area contributed by atoms with Gasteiger partial charge in [-0.15, -0.1) is 0 Å². The van der Waals surface area contributed by atoms with Crippen LogP contribution in [0.5, 0.6) is 5.75 Å². The summed E-state index contributed by atoms with van der Waals surface area (Å²) in [5.41, 5.74) is 2.20. The Morgan fingerprint density at radius 1 is 1.12 bits per heavy atom. The molecule has 2 fully saturated rings. The van der Waals surface area contributed by atoms with Crippen molar-refractivity contribution in [1.29, 1.82) is 0 Å². The zero-order valence-corrected chi connectivity index (χ0v) is 21.0. The van der Waals surface area contributed by atoms with Gasteiger partial charge >= 0.3 is 0 Å². The molecule has 2 heterocycles. The molecule has 34 heavy (non-hydrogen) atoms. The highest BCUT2D eigenvalue weighted by molar-refractivity contribution is 9.10. The predicted molar refractivity (Wildman–Crippen MR) is 133 cm³/mol. The van der Waals surface area contributed by atoms with Crippen molar-refractivity contribution < 1.29 is 24.2 Å². The van der Waals surface area contributed by atoms with E-state index < -0.39 is 17.7 Å². The molecule has 7 nitrogen and oxygen atoms in total. The highest BCUT2D eigenvalue weighted by Crippen LogP contribution is 2.40. The van der Waals surface area contributed by atoms with Crippen LogP contribution in [0.1, 0.15) is 29.2 Å². The Hall–Kier alpha value is -2.68. The van der Waals surface area contributed by atoms with Crippen LogP contribution in [-0.4, -0.2) is 73.1 Å². The Bertz CT molecular complexity index is 1090. The van der Waals surface area contributed by atoms with E-state index in [4.69, 9.17) is 9.47 Å². The lowest BCUT2D eigenvalue weighted by Crippen LogP contribution is -2.38.